The Morgan fingerprint density at radius 3 is 2.85 bits per heavy atom. The molecule has 0 unspecified atom stereocenters. The summed E-state index contributed by atoms with van der Waals surface area (Å²) in [4.78, 5) is 16.1. The average molecular weight is 383 g/mol. The number of para-hydroxylation sites is 2. The molecule has 27 heavy (non-hydrogen) atoms. The monoisotopic (exact) mass is 383 g/mol. The van der Waals surface area contributed by atoms with Gasteiger partial charge in [0.15, 0.2) is 11.6 Å². The molecule has 1 aliphatic heterocycles. The SMILES string of the molecule is CN(CCOc1ccccc1F)C(=O)c1cc2c(s1)-c1ccccc1OC2. The Balaban J connectivity index is 1.43. The predicted octanol–water partition coefficient (Wildman–Crippen LogP) is 4.60. The standard InChI is InChI=1S/C21H18FNO3S/c1-23(10-11-25-18-9-5-3-7-16(18)22)21(24)19-12-14-13-26-17-8-4-2-6-15(17)20(14)27-19/h2-9,12H,10-11,13H2,1H3. The van der Waals surface area contributed by atoms with E-state index in [2.05, 4.69) is 0 Å². The molecule has 0 N–H and O–H groups in total. The fourth-order valence-electron chi connectivity index (χ4n) is 2.95. The summed E-state index contributed by atoms with van der Waals surface area (Å²) in [6.45, 7) is 1.05. The normalized spacial score (nSPS) is 11.9. The number of fused-ring (bicyclic) bond motifs is 3. The zero-order valence-electron chi connectivity index (χ0n) is 14.8. The third kappa shape index (κ3) is 3.53. The Morgan fingerprint density at radius 2 is 2.00 bits per heavy atom. The summed E-state index contributed by atoms with van der Waals surface area (Å²) < 4.78 is 24.8. The van der Waals surface area contributed by atoms with Crippen molar-refractivity contribution in [1.29, 1.82) is 0 Å². The van der Waals surface area contributed by atoms with Gasteiger partial charge in [0.05, 0.1) is 11.4 Å². The molecule has 0 spiro atoms. The molecule has 1 aliphatic rings. The van der Waals surface area contributed by atoms with Gasteiger partial charge in [-0.2, -0.15) is 0 Å². The minimum absolute atomic E-state index is 0.0796. The highest BCUT2D eigenvalue weighted by Gasteiger charge is 2.23. The van der Waals surface area contributed by atoms with Crippen molar-refractivity contribution < 1.29 is 18.7 Å². The van der Waals surface area contributed by atoms with Crippen LogP contribution in [-0.4, -0.2) is 31.0 Å². The van der Waals surface area contributed by atoms with E-state index in [1.54, 1.807) is 30.1 Å². The smallest absolute Gasteiger partial charge is 0.263 e. The van der Waals surface area contributed by atoms with Crippen LogP contribution < -0.4 is 9.47 Å². The molecule has 0 radical (unpaired) electrons. The van der Waals surface area contributed by atoms with Crippen molar-refractivity contribution >= 4 is 17.2 Å². The summed E-state index contributed by atoms with van der Waals surface area (Å²) in [5.74, 6) is 0.552. The number of carbonyl (C=O) groups excluding carboxylic acids is 1. The molecule has 0 bridgehead atoms. The number of hydrogen-bond donors (Lipinski definition) is 0. The highest BCUT2D eigenvalue weighted by molar-refractivity contribution is 7.17. The van der Waals surface area contributed by atoms with E-state index in [0.29, 0.717) is 18.0 Å². The number of thiophene rings is 1. The third-order valence-electron chi connectivity index (χ3n) is 4.40. The van der Waals surface area contributed by atoms with Crippen LogP contribution in [0.2, 0.25) is 0 Å². The van der Waals surface area contributed by atoms with Crippen LogP contribution >= 0.6 is 11.3 Å². The van der Waals surface area contributed by atoms with E-state index >= 15 is 0 Å². The van der Waals surface area contributed by atoms with Crippen molar-refractivity contribution in [2.24, 2.45) is 0 Å². The second kappa shape index (κ2) is 7.40. The number of carbonyl (C=O) groups is 1. The maximum absolute atomic E-state index is 13.6. The molecule has 0 atom stereocenters. The van der Waals surface area contributed by atoms with Gasteiger partial charge in [-0.15, -0.1) is 11.3 Å². The van der Waals surface area contributed by atoms with Crippen molar-refractivity contribution in [1.82, 2.24) is 4.90 Å². The molecule has 1 aromatic heterocycles. The first-order chi connectivity index (χ1) is 13.1. The summed E-state index contributed by atoms with van der Waals surface area (Å²) in [6, 6.07) is 16.0. The summed E-state index contributed by atoms with van der Waals surface area (Å²) >= 11 is 1.47. The van der Waals surface area contributed by atoms with Gasteiger partial charge in [0.25, 0.3) is 5.91 Å². The number of likely N-dealkylation sites (N-methyl/N-ethyl adjacent to an activating group) is 1. The molecule has 1 amide bonds. The van der Waals surface area contributed by atoms with Gasteiger partial charge in [-0.1, -0.05) is 24.3 Å². The Bertz CT molecular complexity index is 985. The van der Waals surface area contributed by atoms with Crippen LogP contribution in [0.15, 0.2) is 54.6 Å². The lowest BCUT2D eigenvalue weighted by Gasteiger charge is -2.16. The average Bonchev–Trinajstić information content (AvgIpc) is 3.13. The maximum Gasteiger partial charge on any atom is 0.263 e. The van der Waals surface area contributed by atoms with E-state index in [1.807, 2.05) is 30.3 Å². The Kier molecular flexibility index (Phi) is 4.81. The molecule has 3 aromatic rings. The van der Waals surface area contributed by atoms with Crippen LogP contribution in [0.4, 0.5) is 4.39 Å². The lowest BCUT2D eigenvalue weighted by molar-refractivity contribution is 0.0777. The fraction of sp³-hybridized carbons (Fsp3) is 0.190. The van der Waals surface area contributed by atoms with Crippen LogP contribution in [0.25, 0.3) is 10.4 Å². The van der Waals surface area contributed by atoms with E-state index in [-0.39, 0.29) is 18.3 Å². The van der Waals surface area contributed by atoms with Crippen molar-refractivity contribution in [3.8, 4) is 21.9 Å². The zero-order chi connectivity index (χ0) is 18.8. The highest BCUT2D eigenvalue weighted by Crippen LogP contribution is 2.42. The largest absolute Gasteiger partial charge is 0.489 e. The van der Waals surface area contributed by atoms with E-state index in [1.165, 1.54) is 17.4 Å². The number of rotatable bonds is 5. The predicted molar refractivity (Wildman–Crippen MR) is 103 cm³/mol. The van der Waals surface area contributed by atoms with Gasteiger partial charge < -0.3 is 14.4 Å². The molecule has 0 saturated carbocycles. The second-order valence-corrected chi connectivity index (χ2v) is 7.31. The van der Waals surface area contributed by atoms with E-state index in [4.69, 9.17) is 9.47 Å². The number of ether oxygens (including phenoxy) is 2. The van der Waals surface area contributed by atoms with Gasteiger partial charge in [-0.3, -0.25) is 4.79 Å². The van der Waals surface area contributed by atoms with Crippen LogP contribution in [-0.2, 0) is 6.61 Å². The van der Waals surface area contributed by atoms with Gasteiger partial charge in [0.1, 0.15) is 19.0 Å². The number of hydrogen-bond acceptors (Lipinski definition) is 4. The Morgan fingerprint density at radius 1 is 1.22 bits per heavy atom. The van der Waals surface area contributed by atoms with Crippen molar-refractivity contribution in [3.05, 3.63) is 70.9 Å². The maximum atomic E-state index is 13.6. The first kappa shape index (κ1) is 17.5. The third-order valence-corrected chi connectivity index (χ3v) is 5.60. The molecule has 0 aliphatic carbocycles. The van der Waals surface area contributed by atoms with Crippen LogP contribution in [0.3, 0.4) is 0 Å². The molecular weight excluding hydrogens is 365 g/mol. The van der Waals surface area contributed by atoms with Crippen LogP contribution in [0, 0.1) is 5.82 Å². The van der Waals surface area contributed by atoms with Crippen molar-refractivity contribution in [2.75, 3.05) is 20.2 Å². The van der Waals surface area contributed by atoms with Gasteiger partial charge >= 0.3 is 0 Å². The van der Waals surface area contributed by atoms with E-state index < -0.39 is 5.82 Å². The lowest BCUT2D eigenvalue weighted by atomic mass is 10.1. The fourth-order valence-corrected chi connectivity index (χ4v) is 4.14. The van der Waals surface area contributed by atoms with Crippen LogP contribution in [0.1, 0.15) is 15.2 Å². The van der Waals surface area contributed by atoms with E-state index in [0.717, 1.165) is 21.8 Å². The summed E-state index contributed by atoms with van der Waals surface area (Å²) in [5.41, 5.74) is 2.05. The lowest BCUT2D eigenvalue weighted by Crippen LogP contribution is -2.30. The molecule has 2 heterocycles. The van der Waals surface area contributed by atoms with Gasteiger partial charge in [-0.25, -0.2) is 4.39 Å². The Labute approximate surface area is 160 Å². The molecule has 6 heteroatoms. The topological polar surface area (TPSA) is 38.8 Å². The van der Waals surface area contributed by atoms with Crippen molar-refractivity contribution in [3.63, 3.8) is 0 Å². The highest BCUT2D eigenvalue weighted by atomic mass is 32.1. The number of benzene rings is 2. The molecule has 0 saturated heterocycles. The number of halogens is 1. The quantitative estimate of drug-likeness (QED) is 0.646. The zero-order valence-corrected chi connectivity index (χ0v) is 15.6. The first-order valence-electron chi connectivity index (χ1n) is 8.61. The second-order valence-electron chi connectivity index (χ2n) is 6.26. The van der Waals surface area contributed by atoms with Crippen LogP contribution in [0.5, 0.6) is 11.5 Å². The molecule has 138 valence electrons. The van der Waals surface area contributed by atoms with Gasteiger partial charge in [-0.05, 0) is 30.3 Å². The molecule has 0 fully saturated rings. The summed E-state index contributed by atoms with van der Waals surface area (Å²) in [6.07, 6.45) is 0. The number of nitrogens with zero attached hydrogens (tertiary/aromatic N) is 1. The van der Waals surface area contributed by atoms with Crippen molar-refractivity contribution in [2.45, 2.75) is 6.61 Å². The first-order valence-corrected chi connectivity index (χ1v) is 9.43. The molecule has 4 nitrogen and oxygen atoms in total. The number of amides is 1. The molecule has 4 rings (SSSR count). The van der Waals surface area contributed by atoms with E-state index in [9.17, 15) is 9.18 Å². The summed E-state index contributed by atoms with van der Waals surface area (Å²) in [7, 11) is 1.72. The van der Waals surface area contributed by atoms with Gasteiger partial charge in [0, 0.05) is 23.1 Å². The minimum atomic E-state index is -0.406. The van der Waals surface area contributed by atoms with Gasteiger partial charge in [0.2, 0.25) is 0 Å². The summed E-state index contributed by atoms with van der Waals surface area (Å²) in [5, 5.41) is 0. The molecular formula is C21H18FNO3S. The minimum Gasteiger partial charge on any atom is -0.489 e. The molecule has 2 aromatic carbocycles. The Hall–Kier alpha value is -2.86.